The molecule has 0 radical (unpaired) electrons. The molecule has 0 saturated carbocycles. The molecule has 0 aliphatic carbocycles. The number of aliphatic carboxylic acids is 1. The van der Waals surface area contributed by atoms with Crippen LogP contribution in [0.2, 0.25) is 0 Å². The molecule has 1 heterocycles. The standard InChI is InChI=1S/C9H17NO2.ClH/c11-9(12)5-4-8-10-6-2-1-3-7-10;/h1-8H2,(H,11,12);1H. The molecule has 0 aromatic carbocycles. The van der Waals surface area contributed by atoms with E-state index in [2.05, 4.69) is 4.90 Å². The molecular formula is C9H18ClNO2. The molecule has 1 fully saturated rings. The van der Waals surface area contributed by atoms with Crippen molar-refractivity contribution in [3.05, 3.63) is 0 Å². The molecule has 3 nitrogen and oxygen atoms in total. The zero-order valence-electron chi connectivity index (χ0n) is 7.87. The van der Waals surface area contributed by atoms with Gasteiger partial charge in [0.15, 0.2) is 0 Å². The number of rotatable bonds is 4. The second-order valence-corrected chi connectivity index (χ2v) is 3.40. The number of carbonyl (C=O) groups is 1. The minimum atomic E-state index is -0.674. The average Bonchev–Trinajstić information content (AvgIpc) is 2.05. The first-order valence-corrected chi connectivity index (χ1v) is 4.73. The van der Waals surface area contributed by atoms with E-state index in [1.165, 1.54) is 32.4 Å². The molecule has 13 heavy (non-hydrogen) atoms. The Labute approximate surface area is 85.5 Å². The Morgan fingerprint density at radius 1 is 1.23 bits per heavy atom. The third kappa shape index (κ3) is 5.88. The van der Waals surface area contributed by atoms with Gasteiger partial charge in [0.1, 0.15) is 0 Å². The van der Waals surface area contributed by atoms with Gasteiger partial charge in [-0.15, -0.1) is 12.4 Å². The van der Waals surface area contributed by atoms with Crippen molar-refractivity contribution in [1.29, 1.82) is 0 Å². The predicted molar refractivity (Wildman–Crippen MR) is 54.4 cm³/mol. The fraction of sp³-hybridized carbons (Fsp3) is 0.889. The number of hydrogen-bond donors (Lipinski definition) is 1. The molecule has 0 atom stereocenters. The smallest absolute Gasteiger partial charge is 0.303 e. The number of piperidine rings is 1. The van der Waals surface area contributed by atoms with Crippen molar-refractivity contribution in [2.24, 2.45) is 0 Å². The Morgan fingerprint density at radius 3 is 2.38 bits per heavy atom. The summed E-state index contributed by atoms with van der Waals surface area (Å²) in [6.07, 6.45) is 5.03. The Kier molecular flexibility index (Phi) is 7.00. The lowest BCUT2D eigenvalue weighted by atomic mass is 10.1. The van der Waals surface area contributed by atoms with Crippen LogP contribution >= 0.6 is 12.4 Å². The van der Waals surface area contributed by atoms with E-state index in [0.717, 1.165) is 13.0 Å². The lowest BCUT2D eigenvalue weighted by molar-refractivity contribution is -0.137. The van der Waals surface area contributed by atoms with Crippen LogP contribution in [0.4, 0.5) is 0 Å². The second kappa shape index (κ2) is 7.15. The average molecular weight is 208 g/mol. The van der Waals surface area contributed by atoms with Crippen molar-refractivity contribution < 1.29 is 9.90 Å². The molecule has 0 unspecified atom stereocenters. The van der Waals surface area contributed by atoms with Gasteiger partial charge in [-0.3, -0.25) is 4.79 Å². The summed E-state index contributed by atoms with van der Waals surface area (Å²) >= 11 is 0. The largest absolute Gasteiger partial charge is 0.481 e. The maximum atomic E-state index is 10.2. The van der Waals surface area contributed by atoms with Crippen molar-refractivity contribution in [3.8, 4) is 0 Å². The zero-order chi connectivity index (χ0) is 8.81. The molecule has 1 rings (SSSR count). The highest BCUT2D eigenvalue weighted by Crippen LogP contribution is 2.09. The fourth-order valence-electron chi connectivity index (χ4n) is 1.64. The van der Waals surface area contributed by atoms with Gasteiger partial charge in [0.05, 0.1) is 0 Å². The third-order valence-electron chi connectivity index (χ3n) is 2.31. The minimum absolute atomic E-state index is 0. The van der Waals surface area contributed by atoms with Crippen LogP contribution in [0.5, 0.6) is 0 Å². The van der Waals surface area contributed by atoms with E-state index in [9.17, 15) is 4.79 Å². The van der Waals surface area contributed by atoms with E-state index in [1.807, 2.05) is 0 Å². The summed E-state index contributed by atoms with van der Waals surface area (Å²) in [6.45, 7) is 3.30. The highest BCUT2D eigenvalue weighted by Gasteiger charge is 2.09. The van der Waals surface area contributed by atoms with E-state index in [0.29, 0.717) is 6.42 Å². The van der Waals surface area contributed by atoms with Crippen LogP contribution in [-0.4, -0.2) is 35.6 Å². The van der Waals surface area contributed by atoms with Crippen LogP contribution in [0, 0.1) is 0 Å². The van der Waals surface area contributed by atoms with Gasteiger partial charge in [0, 0.05) is 6.42 Å². The van der Waals surface area contributed by atoms with Gasteiger partial charge in [-0.05, 0) is 38.9 Å². The molecule has 0 spiro atoms. The molecule has 4 heteroatoms. The first-order chi connectivity index (χ1) is 5.79. The fourth-order valence-corrected chi connectivity index (χ4v) is 1.64. The monoisotopic (exact) mass is 207 g/mol. The highest BCUT2D eigenvalue weighted by molar-refractivity contribution is 5.85. The SMILES string of the molecule is Cl.O=C(O)CCCN1CCCCC1. The maximum Gasteiger partial charge on any atom is 0.303 e. The van der Waals surface area contributed by atoms with Gasteiger partial charge in [-0.2, -0.15) is 0 Å². The zero-order valence-corrected chi connectivity index (χ0v) is 8.68. The number of halogens is 1. The molecule has 1 N–H and O–H groups in total. The van der Waals surface area contributed by atoms with Crippen molar-refractivity contribution >= 4 is 18.4 Å². The third-order valence-corrected chi connectivity index (χ3v) is 2.31. The van der Waals surface area contributed by atoms with Crippen LogP contribution < -0.4 is 0 Å². The lowest BCUT2D eigenvalue weighted by Crippen LogP contribution is -2.30. The van der Waals surface area contributed by atoms with Gasteiger partial charge in [0.2, 0.25) is 0 Å². The maximum absolute atomic E-state index is 10.2. The normalized spacial score (nSPS) is 17.8. The summed E-state index contributed by atoms with van der Waals surface area (Å²) in [5.41, 5.74) is 0. The molecule has 0 amide bonds. The molecule has 0 aromatic heterocycles. The molecule has 1 aliphatic heterocycles. The molecule has 0 bridgehead atoms. The molecule has 1 aliphatic rings. The molecule has 0 aromatic rings. The summed E-state index contributed by atoms with van der Waals surface area (Å²) in [5, 5.41) is 8.42. The summed E-state index contributed by atoms with van der Waals surface area (Å²) in [7, 11) is 0. The van der Waals surface area contributed by atoms with Crippen molar-refractivity contribution in [2.45, 2.75) is 32.1 Å². The second-order valence-electron chi connectivity index (χ2n) is 3.40. The number of likely N-dealkylation sites (tertiary alicyclic amines) is 1. The number of nitrogens with zero attached hydrogens (tertiary/aromatic N) is 1. The first kappa shape index (κ1) is 12.7. The van der Waals surface area contributed by atoms with Gasteiger partial charge in [0.25, 0.3) is 0 Å². The lowest BCUT2D eigenvalue weighted by Gasteiger charge is -2.25. The van der Waals surface area contributed by atoms with Crippen molar-refractivity contribution in [3.63, 3.8) is 0 Å². The highest BCUT2D eigenvalue weighted by atomic mass is 35.5. The van der Waals surface area contributed by atoms with Crippen LogP contribution in [0.3, 0.4) is 0 Å². The number of carboxylic acid groups (broad SMARTS) is 1. The minimum Gasteiger partial charge on any atom is -0.481 e. The van der Waals surface area contributed by atoms with Crippen LogP contribution in [0.15, 0.2) is 0 Å². The molecule has 1 saturated heterocycles. The van der Waals surface area contributed by atoms with Crippen LogP contribution in [-0.2, 0) is 4.79 Å². The summed E-state index contributed by atoms with van der Waals surface area (Å²) < 4.78 is 0. The van der Waals surface area contributed by atoms with Crippen molar-refractivity contribution in [1.82, 2.24) is 4.90 Å². The van der Waals surface area contributed by atoms with Crippen LogP contribution in [0.25, 0.3) is 0 Å². The van der Waals surface area contributed by atoms with Crippen LogP contribution in [0.1, 0.15) is 32.1 Å². The summed E-state index contributed by atoms with van der Waals surface area (Å²) in [6, 6.07) is 0. The Morgan fingerprint density at radius 2 is 1.85 bits per heavy atom. The Bertz CT molecular complexity index is 147. The molecule has 78 valence electrons. The van der Waals surface area contributed by atoms with Gasteiger partial charge in [-0.25, -0.2) is 0 Å². The topological polar surface area (TPSA) is 40.5 Å². The summed E-state index contributed by atoms with van der Waals surface area (Å²) in [5.74, 6) is -0.674. The van der Waals surface area contributed by atoms with Crippen molar-refractivity contribution in [2.75, 3.05) is 19.6 Å². The van der Waals surface area contributed by atoms with E-state index < -0.39 is 5.97 Å². The Hall–Kier alpha value is -0.280. The number of hydrogen-bond acceptors (Lipinski definition) is 2. The van der Waals surface area contributed by atoms with E-state index in [-0.39, 0.29) is 12.4 Å². The first-order valence-electron chi connectivity index (χ1n) is 4.73. The number of carboxylic acids is 1. The van der Waals surface area contributed by atoms with E-state index in [4.69, 9.17) is 5.11 Å². The quantitative estimate of drug-likeness (QED) is 0.764. The van der Waals surface area contributed by atoms with E-state index >= 15 is 0 Å². The van der Waals surface area contributed by atoms with Gasteiger partial charge in [-0.1, -0.05) is 6.42 Å². The molecular weight excluding hydrogens is 190 g/mol. The van der Waals surface area contributed by atoms with Gasteiger partial charge < -0.3 is 10.0 Å². The predicted octanol–water partition coefficient (Wildman–Crippen LogP) is 1.76. The van der Waals surface area contributed by atoms with E-state index in [1.54, 1.807) is 0 Å². The van der Waals surface area contributed by atoms with Gasteiger partial charge >= 0.3 is 5.97 Å². The summed E-state index contributed by atoms with van der Waals surface area (Å²) in [4.78, 5) is 12.6. The Balaban J connectivity index is 0.00000144.